The maximum absolute atomic E-state index is 15.0. The maximum Gasteiger partial charge on any atom is 0.331 e. The Morgan fingerprint density at radius 3 is 2.40 bits per heavy atom. The molecule has 60 heavy (non-hydrogen) atoms. The molecule has 2 aromatic carbocycles. The zero-order valence-electron chi connectivity index (χ0n) is 34.9. The van der Waals surface area contributed by atoms with Gasteiger partial charge in [0.2, 0.25) is 0 Å². The normalized spacial score (nSPS) is 34.2. The minimum Gasteiger partial charge on any atom is -0.493 e. The summed E-state index contributed by atoms with van der Waals surface area (Å²) in [6, 6.07) is 3.46. The Labute approximate surface area is 352 Å². The van der Waals surface area contributed by atoms with Gasteiger partial charge in [-0.15, -0.1) is 0 Å². The molecule has 0 saturated carbocycles. The summed E-state index contributed by atoms with van der Waals surface area (Å²) < 4.78 is 48.6. The van der Waals surface area contributed by atoms with E-state index < -0.39 is 89.1 Å². The molecule has 322 valence electrons. The van der Waals surface area contributed by atoms with E-state index in [2.05, 4.69) is 15.1 Å². The van der Waals surface area contributed by atoms with Gasteiger partial charge in [0.05, 0.1) is 32.3 Å². The molecule has 11 atom stereocenters. The van der Waals surface area contributed by atoms with Gasteiger partial charge in [0.15, 0.2) is 35.3 Å². The number of carbonyl (C=O) groups is 4. The second kappa shape index (κ2) is 15.2. The third-order valence-electron chi connectivity index (χ3n) is 13.7. The zero-order chi connectivity index (χ0) is 42.5. The molecule has 5 fully saturated rings. The maximum atomic E-state index is 15.0. The van der Waals surface area contributed by atoms with E-state index in [1.54, 1.807) is 19.2 Å². The summed E-state index contributed by atoms with van der Waals surface area (Å²) in [6.45, 7) is 8.16. The first kappa shape index (κ1) is 41.0. The van der Waals surface area contributed by atoms with Crippen LogP contribution in [0, 0.1) is 18.8 Å². The van der Waals surface area contributed by atoms with E-state index in [0.29, 0.717) is 42.2 Å². The van der Waals surface area contributed by atoms with Crippen LogP contribution in [-0.4, -0.2) is 128 Å². The van der Waals surface area contributed by atoms with Crippen molar-refractivity contribution in [2.75, 3.05) is 47.0 Å². The number of carbonyl (C=O) groups excluding carboxylic acids is 4. The van der Waals surface area contributed by atoms with Gasteiger partial charge in [-0.1, -0.05) is 6.07 Å². The molecule has 1 spiro atoms. The fourth-order valence-electron chi connectivity index (χ4n) is 11.5. The Balaban J connectivity index is 1.27. The van der Waals surface area contributed by atoms with Crippen molar-refractivity contribution >= 4 is 35.6 Å². The highest BCUT2D eigenvalue weighted by atomic mass is 32.2. The molecule has 4 bridgehead atoms. The first-order valence-corrected chi connectivity index (χ1v) is 21.4. The van der Waals surface area contributed by atoms with E-state index in [4.69, 9.17) is 37.9 Å². The first-order chi connectivity index (χ1) is 28.7. The summed E-state index contributed by atoms with van der Waals surface area (Å²) in [4.78, 5) is 57.3. The van der Waals surface area contributed by atoms with E-state index in [9.17, 15) is 24.3 Å². The monoisotopic (exact) mass is 849 g/mol. The summed E-state index contributed by atoms with van der Waals surface area (Å²) >= 11 is 1.54. The SMILES string of the molecule is COc1cc2c(cc1OC(C)=O)CCN[C@]21CS[C@@H]2C3C(OC(C)=O)C(C)=C4OCOC4C3C(COC1=O)N1C2[C@H]2c3c(cc(C)c(OC)c3OC(C)=O)C[C@@H]([C@@H]1O)N2C. The summed E-state index contributed by atoms with van der Waals surface area (Å²) in [6.07, 6.45) is -1.38. The molecule has 17 heteroatoms. The lowest BCUT2D eigenvalue weighted by atomic mass is 9.62. The summed E-state index contributed by atoms with van der Waals surface area (Å²) in [5.74, 6) is -0.831. The molecule has 5 saturated heterocycles. The highest BCUT2D eigenvalue weighted by Gasteiger charge is 2.67. The topological polar surface area (TPSA) is 181 Å². The molecule has 7 heterocycles. The molecule has 1 aliphatic carbocycles. The number of piperazine rings is 1. The smallest absolute Gasteiger partial charge is 0.331 e. The Hall–Kier alpha value is -4.39. The average molecular weight is 850 g/mol. The lowest BCUT2D eigenvalue weighted by Gasteiger charge is -2.66. The zero-order valence-corrected chi connectivity index (χ0v) is 35.7. The lowest BCUT2D eigenvalue weighted by molar-refractivity contribution is -0.224. The number of methoxy groups -OCH3 is 2. The number of ether oxygens (including phenoxy) is 8. The number of aryl methyl sites for hydroxylation is 1. The van der Waals surface area contributed by atoms with Gasteiger partial charge in [-0.05, 0) is 68.1 Å². The fourth-order valence-corrected chi connectivity index (χ4v) is 13.3. The molecule has 6 unspecified atom stereocenters. The predicted molar refractivity (Wildman–Crippen MR) is 213 cm³/mol. The predicted octanol–water partition coefficient (Wildman–Crippen LogP) is 2.67. The van der Waals surface area contributed by atoms with E-state index >= 15 is 0 Å². The number of nitrogens with one attached hydrogen (secondary N) is 1. The number of hydrogen-bond acceptors (Lipinski definition) is 17. The van der Waals surface area contributed by atoms with Crippen LogP contribution in [0.4, 0.5) is 0 Å². The molecule has 7 aliphatic heterocycles. The lowest BCUT2D eigenvalue weighted by Crippen LogP contribution is -2.78. The number of likely N-dealkylation sites (N-methyl/N-ethyl adjacent to an activating group) is 1. The summed E-state index contributed by atoms with van der Waals surface area (Å²) in [5.41, 5.74) is 3.28. The number of hydrogen-bond donors (Lipinski definition) is 2. The quantitative estimate of drug-likeness (QED) is 0.331. The Bertz CT molecular complexity index is 2200. The van der Waals surface area contributed by atoms with Crippen LogP contribution in [0.1, 0.15) is 61.6 Å². The van der Waals surface area contributed by atoms with E-state index in [1.807, 2.05) is 27.0 Å². The van der Waals surface area contributed by atoms with Crippen molar-refractivity contribution in [3.05, 3.63) is 57.3 Å². The molecule has 0 aromatic heterocycles. The molecular formula is C43H51N3O13S. The van der Waals surface area contributed by atoms with E-state index in [0.717, 1.165) is 27.8 Å². The standard InChI is InChI=1S/C43H51N3O13S/c1-18-11-24-12-26-41(50)46-27-15-54-42(51)43(25-14-28(52-7)29(57-20(3)47)13-23(25)9-10-44-43)16-60-40(32-31(27)38-37(55-17-56-38)19(2)36(32)58-21(4)48)34(46)33(45(26)6)30(24)39(35(18)53-8)59-22(5)49/h11,13-14,26-27,31-34,36,38,40-41,44,50H,9-10,12,15-17H2,1-8H3/t26-,27?,31?,32?,33+,34?,36?,38?,40+,41-,43+/m0/s1. The summed E-state index contributed by atoms with van der Waals surface area (Å²) in [5, 5.41) is 15.8. The molecule has 2 N–H and O–H groups in total. The highest BCUT2D eigenvalue weighted by molar-refractivity contribution is 8.00. The van der Waals surface area contributed by atoms with Gasteiger partial charge in [-0.25, -0.2) is 4.79 Å². The third-order valence-corrected chi connectivity index (χ3v) is 15.2. The van der Waals surface area contributed by atoms with Crippen molar-refractivity contribution in [1.29, 1.82) is 0 Å². The highest BCUT2D eigenvalue weighted by Crippen LogP contribution is 2.60. The minimum atomic E-state index is -1.39. The van der Waals surface area contributed by atoms with Gasteiger partial charge in [0.25, 0.3) is 0 Å². The van der Waals surface area contributed by atoms with E-state index in [1.165, 1.54) is 39.6 Å². The number of thioether (sulfide) groups is 1. The van der Waals surface area contributed by atoms with Crippen LogP contribution in [0.3, 0.4) is 0 Å². The van der Waals surface area contributed by atoms with Crippen molar-refractivity contribution in [2.24, 2.45) is 11.8 Å². The Morgan fingerprint density at radius 2 is 1.70 bits per heavy atom. The van der Waals surface area contributed by atoms with Crippen LogP contribution in [0.2, 0.25) is 0 Å². The molecule has 2 aromatic rings. The van der Waals surface area contributed by atoms with Crippen molar-refractivity contribution in [1.82, 2.24) is 15.1 Å². The minimum absolute atomic E-state index is 0.00309. The molecule has 16 nitrogen and oxygen atoms in total. The number of rotatable bonds is 5. The largest absolute Gasteiger partial charge is 0.493 e. The average Bonchev–Trinajstić information content (AvgIpc) is 3.69. The van der Waals surface area contributed by atoms with Crippen LogP contribution in [0.25, 0.3) is 0 Å². The van der Waals surface area contributed by atoms with Crippen LogP contribution in [0.5, 0.6) is 23.0 Å². The van der Waals surface area contributed by atoms with E-state index in [-0.39, 0.29) is 30.7 Å². The molecule has 0 amide bonds. The van der Waals surface area contributed by atoms with Gasteiger partial charge in [-0.2, -0.15) is 11.8 Å². The van der Waals surface area contributed by atoms with Crippen molar-refractivity contribution in [3.63, 3.8) is 0 Å². The number of fused-ring (bicyclic) bond motifs is 9. The Kier molecular flexibility index (Phi) is 10.4. The van der Waals surface area contributed by atoms with Crippen LogP contribution in [0.15, 0.2) is 29.5 Å². The van der Waals surface area contributed by atoms with Gasteiger partial charge < -0.3 is 43.0 Å². The molecule has 8 aliphatic rings. The number of aliphatic hydroxyl groups excluding tert-OH is 1. The van der Waals surface area contributed by atoms with Crippen LogP contribution >= 0.6 is 11.8 Å². The third kappa shape index (κ3) is 6.13. The van der Waals surface area contributed by atoms with Crippen LogP contribution in [-0.2, 0) is 56.5 Å². The number of aliphatic hydroxyl groups is 1. The van der Waals surface area contributed by atoms with Gasteiger partial charge in [-0.3, -0.25) is 29.5 Å². The van der Waals surface area contributed by atoms with Gasteiger partial charge in [0, 0.05) is 67.3 Å². The second-order valence-corrected chi connectivity index (χ2v) is 18.0. The number of piperidine rings is 1. The first-order valence-electron chi connectivity index (χ1n) is 20.3. The number of esters is 4. The summed E-state index contributed by atoms with van der Waals surface area (Å²) in [7, 11) is 5.00. The fraction of sp³-hybridized carbons (Fsp3) is 0.581. The number of nitrogens with zero attached hydrogens (tertiary/aromatic N) is 2. The second-order valence-electron chi connectivity index (χ2n) is 16.8. The Morgan fingerprint density at radius 1 is 0.933 bits per heavy atom. The van der Waals surface area contributed by atoms with Crippen molar-refractivity contribution in [3.8, 4) is 23.0 Å². The molecule has 10 rings (SSSR count). The number of benzene rings is 2. The van der Waals surface area contributed by atoms with Gasteiger partial charge >= 0.3 is 23.9 Å². The molecular weight excluding hydrogens is 799 g/mol. The van der Waals surface area contributed by atoms with Gasteiger partial charge in [0.1, 0.15) is 30.8 Å². The van der Waals surface area contributed by atoms with Crippen molar-refractivity contribution < 1.29 is 62.2 Å². The van der Waals surface area contributed by atoms with Crippen molar-refractivity contribution in [2.45, 2.75) is 101 Å². The molecule has 0 radical (unpaired) electrons. The van der Waals surface area contributed by atoms with Crippen LogP contribution < -0.4 is 24.3 Å².